The monoisotopic (exact) mass is 295 g/mol. The first-order valence-electron chi connectivity index (χ1n) is 6.28. The van der Waals surface area contributed by atoms with Gasteiger partial charge in [-0.2, -0.15) is 0 Å². The van der Waals surface area contributed by atoms with Gasteiger partial charge in [0.1, 0.15) is 5.75 Å². The molecule has 0 aliphatic rings. The molecule has 2 atom stereocenters. The molecule has 102 valence electrons. The molecular weight excluding hydrogens is 278 g/mol. The van der Waals surface area contributed by atoms with Gasteiger partial charge >= 0.3 is 0 Å². The molecule has 0 aliphatic carbocycles. The summed E-state index contributed by atoms with van der Waals surface area (Å²) in [6.45, 7) is 6.12. The molecule has 0 saturated heterocycles. The fraction of sp³-hybridized carbons (Fsp3) is 0.333. The summed E-state index contributed by atoms with van der Waals surface area (Å²) >= 11 is 7.53. The summed E-state index contributed by atoms with van der Waals surface area (Å²) < 4.78 is 0.800. The molecule has 0 spiro atoms. The van der Waals surface area contributed by atoms with Gasteiger partial charge in [-0.05, 0) is 44.5 Å². The largest absolute Gasteiger partial charge is 0.508 e. The number of aryl methyl sites for hydroxylation is 1. The zero-order valence-electron chi connectivity index (χ0n) is 11.3. The van der Waals surface area contributed by atoms with Crippen LogP contribution in [-0.2, 0) is 0 Å². The van der Waals surface area contributed by atoms with Gasteiger partial charge in [0, 0.05) is 22.5 Å². The second-order valence-corrected chi connectivity index (χ2v) is 6.56. The van der Waals surface area contributed by atoms with Crippen LogP contribution in [0.15, 0.2) is 30.3 Å². The van der Waals surface area contributed by atoms with Crippen molar-refractivity contribution in [3.8, 4) is 5.75 Å². The molecule has 0 bridgehead atoms. The average molecular weight is 296 g/mol. The van der Waals surface area contributed by atoms with Crippen LogP contribution in [0.2, 0.25) is 4.34 Å². The van der Waals surface area contributed by atoms with Crippen molar-refractivity contribution in [2.45, 2.75) is 32.9 Å². The van der Waals surface area contributed by atoms with Crippen molar-refractivity contribution in [1.82, 2.24) is 5.32 Å². The van der Waals surface area contributed by atoms with E-state index in [4.69, 9.17) is 11.6 Å². The van der Waals surface area contributed by atoms with Gasteiger partial charge in [0.15, 0.2) is 0 Å². The maximum atomic E-state index is 9.99. The van der Waals surface area contributed by atoms with Crippen LogP contribution in [0.1, 0.15) is 41.9 Å². The van der Waals surface area contributed by atoms with Crippen molar-refractivity contribution in [2.75, 3.05) is 0 Å². The Morgan fingerprint density at radius 2 is 1.89 bits per heavy atom. The molecule has 2 aromatic rings. The van der Waals surface area contributed by atoms with Gasteiger partial charge in [0.25, 0.3) is 0 Å². The van der Waals surface area contributed by atoms with Crippen LogP contribution in [0.3, 0.4) is 0 Å². The average Bonchev–Trinajstić information content (AvgIpc) is 2.75. The number of hydrogen-bond donors (Lipinski definition) is 2. The number of thiophene rings is 1. The van der Waals surface area contributed by atoms with E-state index in [1.165, 1.54) is 4.88 Å². The van der Waals surface area contributed by atoms with Crippen molar-refractivity contribution in [2.24, 2.45) is 0 Å². The zero-order chi connectivity index (χ0) is 14.0. The molecule has 2 N–H and O–H groups in total. The number of hydrogen-bond acceptors (Lipinski definition) is 3. The maximum absolute atomic E-state index is 9.99. The Labute approximate surface area is 123 Å². The summed E-state index contributed by atoms with van der Waals surface area (Å²) in [6, 6.07) is 10.0. The van der Waals surface area contributed by atoms with E-state index in [0.717, 1.165) is 15.5 Å². The first-order valence-corrected chi connectivity index (χ1v) is 7.47. The standard InChI is InChI=1S/C15H18ClNOS/c1-9-4-5-12(13(18)8-9)10(2)17-11(3)14-6-7-15(16)19-14/h4-8,10-11,17-18H,1-3H3. The quantitative estimate of drug-likeness (QED) is 0.847. The molecule has 0 aliphatic heterocycles. The topological polar surface area (TPSA) is 32.3 Å². The third kappa shape index (κ3) is 3.50. The van der Waals surface area contributed by atoms with Crippen LogP contribution in [0.4, 0.5) is 0 Å². The van der Waals surface area contributed by atoms with Crippen molar-refractivity contribution >= 4 is 22.9 Å². The smallest absolute Gasteiger partial charge is 0.120 e. The summed E-state index contributed by atoms with van der Waals surface area (Å²) in [5, 5.41) is 13.5. The second kappa shape index (κ2) is 5.95. The molecule has 0 radical (unpaired) electrons. The lowest BCUT2D eigenvalue weighted by atomic mass is 10.0. The van der Waals surface area contributed by atoms with Gasteiger partial charge in [-0.15, -0.1) is 11.3 Å². The van der Waals surface area contributed by atoms with Crippen molar-refractivity contribution < 1.29 is 5.11 Å². The molecule has 2 rings (SSSR count). The van der Waals surface area contributed by atoms with Gasteiger partial charge in [-0.25, -0.2) is 0 Å². The third-order valence-corrected chi connectivity index (χ3v) is 4.59. The SMILES string of the molecule is Cc1ccc(C(C)NC(C)c2ccc(Cl)s2)c(O)c1. The Bertz CT molecular complexity index is 567. The Morgan fingerprint density at radius 1 is 1.16 bits per heavy atom. The Morgan fingerprint density at radius 3 is 2.47 bits per heavy atom. The minimum Gasteiger partial charge on any atom is -0.508 e. The number of benzene rings is 1. The highest BCUT2D eigenvalue weighted by Gasteiger charge is 2.15. The van der Waals surface area contributed by atoms with Gasteiger partial charge in [0.2, 0.25) is 0 Å². The van der Waals surface area contributed by atoms with Crippen molar-refractivity contribution in [1.29, 1.82) is 0 Å². The van der Waals surface area contributed by atoms with Crippen molar-refractivity contribution in [3.63, 3.8) is 0 Å². The lowest BCUT2D eigenvalue weighted by Crippen LogP contribution is -2.21. The molecule has 1 heterocycles. The number of phenols is 1. The highest BCUT2D eigenvalue weighted by Crippen LogP contribution is 2.30. The molecule has 0 saturated carbocycles. The molecule has 2 unspecified atom stereocenters. The summed E-state index contributed by atoms with van der Waals surface area (Å²) in [7, 11) is 0. The van der Waals surface area contributed by atoms with Crippen LogP contribution >= 0.6 is 22.9 Å². The molecule has 1 aromatic carbocycles. The van der Waals surface area contributed by atoms with Gasteiger partial charge in [0.05, 0.1) is 4.34 Å². The Kier molecular flexibility index (Phi) is 4.50. The zero-order valence-corrected chi connectivity index (χ0v) is 12.8. The predicted octanol–water partition coefficient (Wildman–Crippen LogP) is 4.83. The van der Waals surface area contributed by atoms with E-state index in [-0.39, 0.29) is 12.1 Å². The van der Waals surface area contributed by atoms with Crippen LogP contribution in [0.25, 0.3) is 0 Å². The Hall–Kier alpha value is -1.03. The third-order valence-electron chi connectivity index (χ3n) is 3.17. The van der Waals surface area contributed by atoms with Crippen LogP contribution in [0.5, 0.6) is 5.75 Å². The van der Waals surface area contributed by atoms with Gasteiger partial charge in [-0.1, -0.05) is 23.7 Å². The van der Waals surface area contributed by atoms with E-state index < -0.39 is 0 Å². The van der Waals surface area contributed by atoms with Gasteiger partial charge in [-0.3, -0.25) is 0 Å². The van der Waals surface area contributed by atoms with Gasteiger partial charge < -0.3 is 10.4 Å². The molecule has 2 nitrogen and oxygen atoms in total. The normalized spacial score (nSPS) is 14.3. The van der Waals surface area contributed by atoms with E-state index in [0.29, 0.717) is 5.75 Å². The molecule has 4 heteroatoms. The minimum absolute atomic E-state index is 0.0801. The summed E-state index contributed by atoms with van der Waals surface area (Å²) in [5.74, 6) is 0.344. The molecule has 1 aromatic heterocycles. The predicted molar refractivity (Wildman–Crippen MR) is 82.1 cm³/mol. The van der Waals surface area contributed by atoms with Crippen LogP contribution < -0.4 is 5.32 Å². The van der Waals surface area contributed by atoms with E-state index in [2.05, 4.69) is 19.2 Å². The molecule has 19 heavy (non-hydrogen) atoms. The molecular formula is C15H18ClNOS. The lowest BCUT2D eigenvalue weighted by Gasteiger charge is -2.20. The van der Waals surface area contributed by atoms with Crippen LogP contribution in [0, 0.1) is 6.92 Å². The number of aromatic hydroxyl groups is 1. The number of rotatable bonds is 4. The summed E-state index contributed by atoms with van der Waals surface area (Å²) in [4.78, 5) is 1.20. The first kappa shape index (κ1) is 14.4. The second-order valence-electron chi connectivity index (χ2n) is 4.81. The highest BCUT2D eigenvalue weighted by atomic mass is 35.5. The van der Waals surface area contributed by atoms with E-state index in [1.54, 1.807) is 17.4 Å². The number of halogens is 1. The summed E-state index contributed by atoms with van der Waals surface area (Å²) in [5.41, 5.74) is 1.98. The highest BCUT2D eigenvalue weighted by molar-refractivity contribution is 7.16. The molecule has 0 fully saturated rings. The van der Waals surface area contributed by atoms with Crippen LogP contribution in [-0.4, -0.2) is 5.11 Å². The van der Waals surface area contributed by atoms with E-state index in [1.807, 2.05) is 31.2 Å². The van der Waals surface area contributed by atoms with E-state index >= 15 is 0 Å². The fourth-order valence-electron chi connectivity index (χ4n) is 2.13. The number of nitrogens with one attached hydrogen (secondary N) is 1. The minimum atomic E-state index is 0.0801. The van der Waals surface area contributed by atoms with Crippen molar-refractivity contribution in [3.05, 3.63) is 50.7 Å². The number of phenolic OH excluding ortho intramolecular Hbond substituents is 1. The first-order chi connectivity index (χ1) is 8.97. The van der Waals surface area contributed by atoms with E-state index in [9.17, 15) is 5.11 Å². The summed E-state index contributed by atoms with van der Waals surface area (Å²) in [6.07, 6.45) is 0. The fourth-order valence-corrected chi connectivity index (χ4v) is 3.20. The lowest BCUT2D eigenvalue weighted by molar-refractivity contribution is 0.439. The molecule has 0 amide bonds. The Balaban J connectivity index is 2.10. The maximum Gasteiger partial charge on any atom is 0.120 e.